The Morgan fingerprint density at radius 1 is 0.591 bits per heavy atom. The molecule has 0 aromatic heterocycles. The van der Waals surface area contributed by atoms with Gasteiger partial charge in [0.25, 0.3) is 0 Å². The minimum Gasteiger partial charge on any atom is -1.00 e. The van der Waals surface area contributed by atoms with Gasteiger partial charge in [0.2, 0.25) is 0 Å². The van der Waals surface area contributed by atoms with Gasteiger partial charge in [-0.25, -0.2) is 0 Å². The summed E-state index contributed by atoms with van der Waals surface area (Å²) in [6, 6.07) is 0. The Bertz CT molecular complexity index is 224. The van der Waals surface area contributed by atoms with Gasteiger partial charge in [-0.3, -0.25) is 0 Å². The molecule has 1 rings (SSSR count). The van der Waals surface area contributed by atoms with E-state index in [4.69, 9.17) is 0 Å². The van der Waals surface area contributed by atoms with Crippen molar-refractivity contribution < 1.29 is 21.5 Å². The second kappa shape index (κ2) is 15.0. The van der Waals surface area contributed by atoms with E-state index >= 15 is 0 Å². The van der Waals surface area contributed by atoms with Crippen LogP contribution in [0.3, 0.4) is 0 Å². The molecule has 2 heteroatoms. The van der Waals surface area contributed by atoms with Gasteiger partial charge in [-0.15, -0.1) is 0 Å². The van der Waals surface area contributed by atoms with Crippen molar-refractivity contribution in [3.63, 3.8) is 0 Å². The summed E-state index contributed by atoms with van der Waals surface area (Å²) in [7, 11) is 0. The van der Waals surface area contributed by atoms with E-state index < -0.39 is 0 Å². The van der Waals surface area contributed by atoms with E-state index in [-0.39, 0.29) is 17.0 Å². The molecule has 0 aliphatic carbocycles. The van der Waals surface area contributed by atoms with Crippen LogP contribution in [0.15, 0.2) is 0 Å². The topological polar surface area (TPSA) is 0 Å². The fraction of sp³-hybridized carbons (Fsp3) is 1.00. The van der Waals surface area contributed by atoms with Gasteiger partial charge in [0.15, 0.2) is 0 Å². The van der Waals surface area contributed by atoms with Crippen molar-refractivity contribution in [1.29, 1.82) is 0 Å². The van der Waals surface area contributed by atoms with E-state index in [1.807, 2.05) is 0 Å². The summed E-state index contributed by atoms with van der Waals surface area (Å²) in [6.07, 6.45) is 20.6. The molecule has 1 nitrogen and oxygen atoms in total. The standard InChI is InChI=1S/C20H42N.BrH/c1-3-5-6-7-8-9-10-11-12-13-15-18-21(4-2)19-16-14-17-20-21;/h3-20H2,1-2H3;1H/q+1;/p-1. The van der Waals surface area contributed by atoms with E-state index in [1.54, 1.807) is 0 Å². The van der Waals surface area contributed by atoms with Crippen LogP contribution >= 0.6 is 0 Å². The molecule has 1 heterocycles. The summed E-state index contributed by atoms with van der Waals surface area (Å²) in [5.41, 5.74) is 0. The van der Waals surface area contributed by atoms with Crippen LogP contribution < -0.4 is 17.0 Å². The number of hydrogen-bond donors (Lipinski definition) is 0. The van der Waals surface area contributed by atoms with Gasteiger partial charge >= 0.3 is 0 Å². The molecule has 0 amide bonds. The number of hydrogen-bond acceptors (Lipinski definition) is 0. The van der Waals surface area contributed by atoms with Gasteiger partial charge in [-0.1, -0.05) is 64.7 Å². The maximum Gasteiger partial charge on any atom is 0.0786 e. The molecule has 22 heavy (non-hydrogen) atoms. The number of piperidine rings is 1. The summed E-state index contributed by atoms with van der Waals surface area (Å²) in [4.78, 5) is 0. The zero-order chi connectivity index (χ0) is 15.2. The Balaban J connectivity index is 0.00000441. The van der Waals surface area contributed by atoms with Crippen LogP contribution in [0.1, 0.15) is 104 Å². The molecule has 0 N–H and O–H groups in total. The van der Waals surface area contributed by atoms with E-state index in [2.05, 4.69) is 13.8 Å². The molecular weight excluding hydrogens is 334 g/mol. The molecule has 1 aliphatic rings. The van der Waals surface area contributed by atoms with Crippen molar-refractivity contribution in [2.45, 2.75) is 104 Å². The van der Waals surface area contributed by atoms with Crippen molar-refractivity contribution in [3.05, 3.63) is 0 Å². The maximum absolute atomic E-state index is 2.41. The van der Waals surface area contributed by atoms with Crippen LogP contribution in [0, 0.1) is 0 Å². The lowest BCUT2D eigenvalue weighted by Crippen LogP contribution is -3.00. The fourth-order valence-corrected chi connectivity index (χ4v) is 3.99. The molecule has 0 saturated carbocycles. The number of likely N-dealkylation sites (tertiary alicyclic amines) is 1. The van der Waals surface area contributed by atoms with E-state index in [9.17, 15) is 0 Å². The SMILES string of the molecule is CCCCCCCCCCCCC[N+]1(CC)CCCCC1.[Br-]. The summed E-state index contributed by atoms with van der Waals surface area (Å²) < 4.78 is 1.44. The Morgan fingerprint density at radius 2 is 1.05 bits per heavy atom. The lowest BCUT2D eigenvalue weighted by Gasteiger charge is -2.41. The maximum atomic E-state index is 2.41. The lowest BCUT2D eigenvalue weighted by molar-refractivity contribution is -0.931. The third-order valence-corrected chi connectivity index (χ3v) is 5.67. The molecule has 0 aromatic rings. The Kier molecular flexibility index (Phi) is 15.3. The van der Waals surface area contributed by atoms with Gasteiger partial charge in [-0.05, 0) is 39.0 Å². The molecule has 0 aromatic carbocycles. The van der Waals surface area contributed by atoms with Crippen LogP contribution in [-0.4, -0.2) is 30.7 Å². The fourth-order valence-electron chi connectivity index (χ4n) is 3.99. The normalized spacial score (nSPS) is 17.2. The monoisotopic (exact) mass is 375 g/mol. The zero-order valence-electron chi connectivity index (χ0n) is 15.6. The summed E-state index contributed by atoms with van der Waals surface area (Å²) in [5.74, 6) is 0. The predicted octanol–water partition coefficient (Wildman–Crippen LogP) is 3.32. The van der Waals surface area contributed by atoms with Crippen molar-refractivity contribution in [3.8, 4) is 0 Å². The van der Waals surface area contributed by atoms with Crippen LogP contribution in [0.5, 0.6) is 0 Å². The molecule has 1 saturated heterocycles. The van der Waals surface area contributed by atoms with Crippen LogP contribution in [-0.2, 0) is 0 Å². The first-order chi connectivity index (χ1) is 10.3. The highest BCUT2D eigenvalue weighted by atomic mass is 79.9. The number of halogens is 1. The van der Waals surface area contributed by atoms with Gasteiger partial charge in [-0.2, -0.15) is 0 Å². The Labute approximate surface area is 151 Å². The molecule has 0 spiro atoms. The quantitative estimate of drug-likeness (QED) is 0.342. The van der Waals surface area contributed by atoms with Gasteiger partial charge < -0.3 is 21.5 Å². The molecule has 0 radical (unpaired) electrons. The molecule has 0 bridgehead atoms. The van der Waals surface area contributed by atoms with Gasteiger partial charge in [0.1, 0.15) is 0 Å². The van der Waals surface area contributed by atoms with Gasteiger partial charge in [0.05, 0.1) is 26.2 Å². The lowest BCUT2D eigenvalue weighted by atomic mass is 10.0. The Hall–Kier alpha value is 0.440. The average molecular weight is 376 g/mol. The summed E-state index contributed by atoms with van der Waals surface area (Å²) in [5, 5.41) is 0. The third-order valence-electron chi connectivity index (χ3n) is 5.67. The molecule has 0 unspecified atom stereocenters. The predicted molar refractivity (Wildman–Crippen MR) is 95.7 cm³/mol. The second-order valence-corrected chi connectivity index (χ2v) is 7.42. The van der Waals surface area contributed by atoms with Gasteiger partial charge in [0, 0.05) is 0 Å². The van der Waals surface area contributed by atoms with E-state index in [0.29, 0.717) is 0 Å². The smallest absolute Gasteiger partial charge is 0.0786 e. The third kappa shape index (κ3) is 10.3. The van der Waals surface area contributed by atoms with Crippen molar-refractivity contribution in [2.75, 3.05) is 26.2 Å². The molecular formula is C20H42BrN. The number of nitrogens with zero attached hydrogens (tertiary/aromatic N) is 1. The van der Waals surface area contributed by atoms with Crippen molar-refractivity contribution in [1.82, 2.24) is 0 Å². The largest absolute Gasteiger partial charge is 1.00 e. The first-order valence-corrected chi connectivity index (χ1v) is 10.2. The van der Waals surface area contributed by atoms with Crippen molar-refractivity contribution >= 4 is 0 Å². The highest BCUT2D eigenvalue weighted by Gasteiger charge is 2.26. The summed E-state index contributed by atoms with van der Waals surface area (Å²) >= 11 is 0. The highest BCUT2D eigenvalue weighted by Crippen LogP contribution is 2.20. The van der Waals surface area contributed by atoms with Crippen molar-refractivity contribution in [2.24, 2.45) is 0 Å². The van der Waals surface area contributed by atoms with Crippen LogP contribution in [0.4, 0.5) is 0 Å². The molecule has 1 aliphatic heterocycles. The first kappa shape index (κ1) is 22.4. The van der Waals surface area contributed by atoms with Crippen LogP contribution in [0.25, 0.3) is 0 Å². The number of rotatable bonds is 13. The number of quaternary nitrogens is 1. The number of unbranched alkanes of at least 4 members (excludes halogenated alkanes) is 10. The van der Waals surface area contributed by atoms with E-state index in [0.717, 1.165) is 0 Å². The first-order valence-electron chi connectivity index (χ1n) is 10.2. The zero-order valence-corrected chi connectivity index (χ0v) is 17.1. The second-order valence-electron chi connectivity index (χ2n) is 7.42. The van der Waals surface area contributed by atoms with E-state index in [1.165, 1.54) is 121 Å². The summed E-state index contributed by atoms with van der Waals surface area (Å²) in [6.45, 7) is 10.5. The highest BCUT2D eigenvalue weighted by molar-refractivity contribution is 4.55. The van der Waals surface area contributed by atoms with Crippen LogP contribution in [0.2, 0.25) is 0 Å². The molecule has 1 fully saturated rings. The minimum absolute atomic E-state index is 0. The molecule has 134 valence electrons. The Morgan fingerprint density at radius 3 is 1.50 bits per heavy atom. The molecule has 0 atom stereocenters. The average Bonchev–Trinajstić information content (AvgIpc) is 2.53. The minimum atomic E-state index is 0.